The van der Waals surface area contributed by atoms with Crippen molar-refractivity contribution >= 4 is 6.21 Å². The van der Waals surface area contributed by atoms with Crippen molar-refractivity contribution in [3.8, 4) is 0 Å². The second-order valence-electron chi connectivity index (χ2n) is 3.02. The van der Waals surface area contributed by atoms with Gasteiger partial charge in [-0.25, -0.2) is 4.39 Å². The highest BCUT2D eigenvalue weighted by Crippen LogP contribution is 2.11. The van der Waals surface area contributed by atoms with Crippen LogP contribution in [0, 0.1) is 5.82 Å². The Morgan fingerprint density at radius 3 is 2.86 bits per heavy atom. The molecule has 0 saturated heterocycles. The Kier molecular flexibility index (Phi) is 4.11. The van der Waals surface area contributed by atoms with Crippen molar-refractivity contribution in [2.24, 2.45) is 5.16 Å². The Bertz CT molecular complexity index is 323. The Balaban J connectivity index is 2.83. The van der Waals surface area contributed by atoms with Gasteiger partial charge < -0.3 is 4.84 Å². The molecule has 0 atom stereocenters. The molecule has 0 fully saturated rings. The molecule has 2 nitrogen and oxygen atoms in total. The molecule has 76 valence electrons. The topological polar surface area (TPSA) is 21.6 Å². The van der Waals surface area contributed by atoms with Gasteiger partial charge >= 0.3 is 0 Å². The Labute approximate surface area is 83.4 Å². The maximum absolute atomic E-state index is 13.4. The van der Waals surface area contributed by atoms with E-state index in [4.69, 9.17) is 0 Å². The maximum atomic E-state index is 13.4. The van der Waals surface area contributed by atoms with E-state index in [0.29, 0.717) is 5.56 Å². The number of hydrogen-bond acceptors (Lipinski definition) is 2. The molecule has 0 heterocycles. The van der Waals surface area contributed by atoms with Gasteiger partial charge in [0.25, 0.3) is 0 Å². The first kappa shape index (κ1) is 10.7. The minimum Gasteiger partial charge on any atom is -0.399 e. The highest BCUT2D eigenvalue weighted by molar-refractivity contribution is 5.79. The quantitative estimate of drug-likeness (QED) is 0.534. The number of hydrogen-bond donors (Lipinski definition) is 0. The van der Waals surface area contributed by atoms with Crippen LogP contribution in [0.5, 0.6) is 0 Å². The van der Waals surface area contributed by atoms with Gasteiger partial charge in [0.1, 0.15) is 12.9 Å². The third-order valence-corrected chi connectivity index (χ3v) is 1.90. The average molecular weight is 195 g/mol. The molecule has 0 saturated carbocycles. The summed E-state index contributed by atoms with van der Waals surface area (Å²) in [6.45, 7) is 2.03. The summed E-state index contributed by atoms with van der Waals surface area (Å²) in [5, 5.41) is 3.57. The van der Waals surface area contributed by atoms with Crippen LogP contribution in [0.4, 0.5) is 4.39 Å². The summed E-state index contributed by atoms with van der Waals surface area (Å²) in [6, 6.07) is 5.08. The summed E-state index contributed by atoms with van der Waals surface area (Å²) in [5.41, 5.74) is 1.46. The van der Waals surface area contributed by atoms with Crippen LogP contribution < -0.4 is 0 Å². The normalized spacial score (nSPS) is 10.8. The molecule has 0 aromatic heterocycles. The van der Waals surface area contributed by atoms with Crippen LogP contribution >= 0.6 is 0 Å². The zero-order valence-corrected chi connectivity index (χ0v) is 8.46. The standard InChI is InChI=1S/C11H14FNO/c1-3-4-10-6-5-9(7-11(10)12)8-13-14-2/h5-8H,3-4H2,1-2H3. The van der Waals surface area contributed by atoms with Crippen LogP contribution in [0.1, 0.15) is 24.5 Å². The largest absolute Gasteiger partial charge is 0.399 e. The van der Waals surface area contributed by atoms with Gasteiger partial charge in [-0.2, -0.15) is 0 Å². The number of aryl methyl sites for hydroxylation is 1. The Morgan fingerprint density at radius 2 is 2.29 bits per heavy atom. The smallest absolute Gasteiger partial charge is 0.127 e. The number of nitrogens with zero attached hydrogens (tertiary/aromatic N) is 1. The van der Waals surface area contributed by atoms with Crippen molar-refractivity contribution in [3.05, 3.63) is 35.1 Å². The predicted molar refractivity (Wildman–Crippen MR) is 55.0 cm³/mol. The van der Waals surface area contributed by atoms with Crippen molar-refractivity contribution in [2.75, 3.05) is 7.11 Å². The molecule has 0 aliphatic rings. The fraction of sp³-hybridized carbons (Fsp3) is 0.364. The van der Waals surface area contributed by atoms with E-state index in [1.807, 2.05) is 13.0 Å². The lowest BCUT2D eigenvalue weighted by molar-refractivity contribution is 0.215. The molecule has 0 amide bonds. The lowest BCUT2D eigenvalue weighted by Crippen LogP contribution is -1.92. The molecule has 0 radical (unpaired) electrons. The lowest BCUT2D eigenvalue weighted by atomic mass is 10.1. The summed E-state index contributed by atoms with van der Waals surface area (Å²) >= 11 is 0. The Hall–Kier alpha value is -1.38. The molecule has 1 aromatic rings. The second-order valence-corrected chi connectivity index (χ2v) is 3.02. The van der Waals surface area contributed by atoms with Crippen molar-refractivity contribution in [3.63, 3.8) is 0 Å². The fourth-order valence-corrected chi connectivity index (χ4v) is 1.23. The van der Waals surface area contributed by atoms with Gasteiger partial charge in [-0.1, -0.05) is 30.6 Å². The average Bonchev–Trinajstić information content (AvgIpc) is 2.19. The Morgan fingerprint density at radius 1 is 1.50 bits per heavy atom. The van der Waals surface area contributed by atoms with E-state index < -0.39 is 0 Å². The van der Waals surface area contributed by atoms with Crippen molar-refractivity contribution < 1.29 is 9.23 Å². The van der Waals surface area contributed by atoms with Crippen LogP contribution in [0.15, 0.2) is 23.4 Å². The van der Waals surface area contributed by atoms with Crippen LogP contribution in [0.25, 0.3) is 0 Å². The van der Waals surface area contributed by atoms with Gasteiger partial charge in [-0.3, -0.25) is 0 Å². The van der Waals surface area contributed by atoms with E-state index in [0.717, 1.165) is 18.4 Å². The zero-order chi connectivity index (χ0) is 10.4. The molecule has 14 heavy (non-hydrogen) atoms. The van der Waals surface area contributed by atoms with Gasteiger partial charge in [-0.05, 0) is 23.6 Å². The van der Waals surface area contributed by atoms with E-state index in [2.05, 4.69) is 9.99 Å². The molecule has 0 bridgehead atoms. The third kappa shape index (κ3) is 2.83. The number of halogens is 1. The first-order valence-electron chi connectivity index (χ1n) is 4.63. The van der Waals surface area contributed by atoms with E-state index in [1.54, 1.807) is 6.07 Å². The predicted octanol–water partition coefficient (Wildman–Crippen LogP) is 2.76. The molecule has 3 heteroatoms. The summed E-state index contributed by atoms with van der Waals surface area (Å²) in [4.78, 5) is 4.51. The monoisotopic (exact) mass is 195 g/mol. The molecule has 0 spiro atoms. The van der Waals surface area contributed by atoms with Crippen LogP contribution in [0.2, 0.25) is 0 Å². The molecule has 0 aliphatic heterocycles. The number of benzene rings is 1. The fourth-order valence-electron chi connectivity index (χ4n) is 1.23. The summed E-state index contributed by atoms with van der Waals surface area (Å²) in [7, 11) is 1.46. The first-order chi connectivity index (χ1) is 6.77. The lowest BCUT2D eigenvalue weighted by Gasteiger charge is -2.01. The maximum Gasteiger partial charge on any atom is 0.127 e. The van der Waals surface area contributed by atoms with Gasteiger partial charge in [0.05, 0.1) is 6.21 Å². The number of rotatable bonds is 4. The molecule has 1 rings (SSSR count). The minimum atomic E-state index is -0.174. The van der Waals surface area contributed by atoms with Crippen LogP contribution in [-0.4, -0.2) is 13.3 Å². The van der Waals surface area contributed by atoms with E-state index in [-0.39, 0.29) is 5.82 Å². The van der Waals surface area contributed by atoms with Gasteiger partial charge in [0.2, 0.25) is 0 Å². The summed E-state index contributed by atoms with van der Waals surface area (Å²) in [6.07, 6.45) is 3.20. The molecular formula is C11H14FNO. The van der Waals surface area contributed by atoms with Crippen LogP contribution in [0.3, 0.4) is 0 Å². The van der Waals surface area contributed by atoms with Gasteiger partial charge in [0, 0.05) is 0 Å². The van der Waals surface area contributed by atoms with Crippen molar-refractivity contribution in [1.82, 2.24) is 0 Å². The number of oxime groups is 1. The minimum absolute atomic E-state index is 0.174. The summed E-state index contributed by atoms with van der Waals surface area (Å²) < 4.78 is 13.4. The highest BCUT2D eigenvalue weighted by atomic mass is 19.1. The van der Waals surface area contributed by atoms with E-state index in [9.17, 15) is 4.39 Å². The highest BCUT2D eigenvalue weighted by Gasteiger charge is 2.01. The molecule has 1 aromatic carbocycles. The van der Waals surface area contributed by atoms with Crippen molar-refractivity contribution in [1.29, 1.82) is 0 Å². The molecule has 0 unspecified atom stereocenters. The van der Waals surface area contributed by atoms with E-state index in [1.165, 1.54) is 19.4 Å². The van der Waals surface area contributed by atoms with Gasteiger partial charge in [0.15, 0.2) is 0 Å². The molecular weight excluding hydrogens is 181 g/mol. The molecule has 0 N–H and O–H groups in total. The third-order valence-electron chi connectivity index (χ3n) is 1.90. The first-order valence-corrected chi connectivity index (χ1v) is 4.63. The van der Waals surface area contributed by atoms with Crippen molar-refractivity contribution in [2.45, 2.75) is 19.8 Å². The zero-order valence-electron chi connectivity index (χ0n) is 8.46. The van der Waals surface area contributed by atoms with Gasteiger partial charge in [-0.15, -0.1) is 0 Å². The van der Waals surface area contributed by atoms with E-state index >= 15 is 0 Å². The van der Waals surface area contributed by atoms with Crippen LogP contribution in [-0.2, 0) is 11.3 Å². The summed E-state index contributed by atoms with van der Waals surface area (Å²) in [5.74, 6) is -0.174. The SMILES string of the molecule is CCCc1ccc(C=NOC)cc1F. The molecule has 0 aliphatic carbocycles. The second kappa shape index (κ2) is 5.37.